The first-order chi connectivity index (χ1) is 8.50. The van der Waals surface area contributed by atoms with Gasteiger partial charge >= 0.3 is 0 Å². The fourth-order valence-electron chi connectivity index (χ4n) is 1.57. The SMILES string of the molecule is CC(C)(CNc1cc(F)c(Cl)cc1N)NS(C)(=O)=O. The third-order valence-electron chi connectivity index (χ3n) is 2.27. The smallest absolute Gasteiger partial charge is 0.209 e. The highest BCUT2D eigenvalue weighted by molar-refractivity contribution is 7.88. The molecule has 0 saturated heterocycles. The van der Waals surface area contributed by atoms with Gasteiger partial charge in [-0.3, -0.25) is 0 Å². The molecule has 0 atom stereocenters. The van der Waals surface area contributed by atoms with Crippen molar-refractivity contribution in [2.24, 2.45) is 0 Å². The van der Waals surface area contributed by atoms with Crippen molar-refractivity contribution in [3.8, 4) is 0 Å². The van der Waals surface area contributed by atoms with Crippen molar-refractivity contribution in [3.05, 3.63) is 23.0 Å². The van der Waals surface area contributed by atoms with E-state index < -0.39 is 21.4 Å². The van der Waals surface area contributed by atoms with Crippen LogP contribution in [-0.2, 0) is 10.0 Å². The van der Waals surface area contributed by atoms with E-state index in [4.69, 9.17) is 17.3 Å². The molecule has 0 heterocycles. The second-order valence-corrected chi connectivity index (χ2v) is 7.12. The van der Waals surface area contributed by atoms with E-state index in [0.29, 0.717) is 11.4 Å². The number of nitrogens with two attached hydrogens (primary N) is 1. The van der Waals surface area contributed by atoms with Gasteiger partial charge in [0.25, 0.3) is 0 Å². The van der Waals surface area contributed by atoms with Crippen LogP contribution in [0.25, 0.3) is 0 Å². The molecule has 0 unspecified atom stereocenters. The minimum atomic E-state index is -3.33. The summed E-state index contributed by atoms with van der Waals surface area (Å²) in [4.78, 5) is 0. The Morgan fingerprint density at radius 1 is 1.42 bits per heavy atom. The third-order valence-corrected chi connectivity index (χ3v) is 3.49. The molecule has 0 spiro atoms. The summed E-state index contributed by atoms with van der Waals surface area (Å²) in [6.45, 7) is 3.64. The highest BCUT2D eigenvalue weighted by atomic mass is 35.5. The highest BCUT2D eigenvalue weighted by Gasteiger charge is 2.22. The van der Waals surface area contributed by atoms with E-state index in [-0.39, 0.29) is 11.6 Å². The molecular formula is C11H17ClFN3O2S. The van der Waals surface area contributed by atoms with Crippen molar-refractivity contribution in [1.82, 2.24) is 4.72 Å². The Balaban J connectivity index is 2.79. The van der Waals surface area contributed by atoms with Gasteiger partial charge in [-0.25, -0.2) is 17.5 Å². The van der Waals surface area contributed by atoms with Crippen LogP contribution in [0.1, 0.15) is 13.8 Å². The second-order valence-electron chi connectivity index (χ2n) is 4.97. The van der Waals surface area contributed by atoms with E-state index in [1.165, 1.54) is 12.1 Å². The normalized spacial score (nSPS) is 12.5. The summed E-state index contributed by atoms with van der Waals surface area (Å²) >= 11 is 5.59. The van der Waals surface area contributed by atoms with Crippen LogP contribution < -0.4 is 15.8 Å². The quantitative estimate of drug-likeness (QED) is 0.724. The molecule has 0 amide bonds. The first-order valence-electron chi connectivity index (χ1n) is 5.47. The molecule has 4 N–H and O–H groups in total. The Kier molecular flexibility index (Phi) is 4.65. The maximum atomic E-state index is 13.3. The van der Waals surface area contributed by atoms with Crippen molar-refractivity contribution >= 4 is 33.0 Å². The Bertz CT molecular complexity index is 576. The summed E-state index contributed by atoms with van der Waals surface area (Å²) < 4.78 is 38.1. The maximum absolute atomic E-state index is 13.3. The molecule has 8 heteroatoms. The zero-order valence-electron chi connectivity index (χ0n) is 10.9. The van der Waals surface area contributed by atoms with Gasteiger partial charge in [0.1, 0.15) is 5.82 Å². The van der Waals surface area contributed by atoms with Gasteiger partial charge in [-0.1, -0.05) is 11.6 Å². The molecule has 0 radical (unpaired) electrons. The van der Waals surface area contributed by atoms with Crippen LogP contribution in [0.5, 0.6) is 0 Å². The van der Waals surface area contributed by atoms with Crippen LogP contribution in [0.3, 0.4) is 0 Å². The van der Waals surface area contributed by atoms with Crippen LogP contribution in [0.4, 0.5) is 15.8 Å². The fourth-order valence-corrected chi connectivity index (χ4v) is 2.82. The average Bonchev–Trinajstić information content (AvgIpc) is 2.18. The topological polar surface area (TPSA) is 84.2 Å². The number of sulfonamides is 1. The van der Waals surface area contributed by atoms with Crippen LogP contribution >= 0.6 is 11.6 Å². The molecule has 0 saturated carbocycles. The molecule has 5 nitrogen and oxygen atoms in total. The molecule has 0 aliphatic carbocycles. The van der Waals surface area contributed by atoms with E-state index in [1.54, 1.807) is 13.8 Å². The fraction of sp³-hybridized carbons (Fsp3) is 0.455. The second kappa shape index (κ2) is 5.52. The predicted octanol–water partition coefficient (Wildman–Crippen LogP) is 1.80. The molecule has 1 rings (SSSR count). The van der Waals surface area contributed by atoms with Crippen LogP contribution in [0.15, 0.2) is 12.1 Å². The van der Waals surface area contributed by atoms with Gasteiger partial charge in [-0.05, 0) is 19.9 Å². The number of hydrogen-bond acceptors (Lipinski definition) is 4. The lowest BCUT2D eigenvalue weighted by Gasteiger charge is -2.26. The van der Waals surface area contributed by atoms with Crippen LogP contribution in [0, 0.1) is 5.82 Å². The summed E-state index contributed by atoms with van der Waals surface area (Å²) in [5.74, 6) is -0.591. The minimum absolute atomic E-state index is 0.0587. The zero-order valence-corrected chi connectivity index (χ0v) is 12.5. The molecule has 0 aliphatic heterocycles. The molecule has 0 aromatic heterocycles. The zero-order chi connectivity index (χ0) is 14.8. The van der Waals surface area contributed by atoms with Crippen LogP contribution in [0.2, 0.25) is 5.02 Å². The average molecular weight is 310 g/mol. The number of rotatable bonds is 5. The summed E-state index contributed by atoms with van der Waals surface area (Å²) in [7, 11) is -3.33. The van der Waals surface area contributed by atoms with Crippen molar-refractivity contribution in [2.45, 2.75) is 19.4 Å². The monoisotopic (exact) mass is 309 g/mol. The number of halogens is 2. The van der Waals surface area contributed by atoms with Gasteiger partial charge in [0, 0.05) is 18.2 Å². The number of benzene rings is 1. The van der Waals surface area contributed by atoms with E-state index in [9.17, 15) is 12.8 Å². The van der Waals surface area contributed by atoms with Crippen molar-refractivity contribution < 1.29 is 12.8 Å². The Hall–Kier alpha value is -1.05. The van der Waals surface area contributed by atoms with Crippen LogP contribution in [-0.4, -0.2) is 26.8 Å². The number of anilines is 2. The van der Waals surface area contributed by atoms with Gasteiger partial charge in [-0.15, -0.1) is 0 Å². The first-order valence-corrected chi connectivity index (χ1v) is 7.74. The molecule has 0 fully saturated rings. The van der Waals surface area contributed by atoms with E-state index in [2.05, 4.69) is 10.0 Å². The Morgan fingerprint density at radius 2 is 2.00 bits per heavy atom. The summed E-state index contributed by atoms with van der Waals surface area (Å²) in [6, 6.07) is 2.48. The lowest BCUT2D eigenvalue weighted by atomic mass is 10.1. The maximum Gasteiger partial charge on any atom is 0.209 e. The van der Waals surface area contributed by atoms with Crippen molar-refractivity contribution in [2.75, 3.05) is 23.9 Å². The molecule has 108 valence electrons. The van der Waals surface area contributed by atoms with Crippen molar-refractivity contribution in [3.63, 3.8) is 0 Å². The van der Waals surface area contributed by atoms with Gasteiger partial charge in [0.2, 0.25) is 10.0 Å². The van der Waals surface area contributed by atoms with Crippen molar-refractivity contribution in [1.29, 1.82) is 0 Å². The highest BCUT2D eigenvalue weighted by Crippen LogP contribution is 2.26. The number of nitrogen functional groups attached to an aromatic ring is 1. The van der Waals surface area contributed by atoms with E-state index in [1.807, 2.05) is 0 Å². The minimum Gasteiger partial charge on any atom is -0.397 e. The molecule has 0 bridgehead atoms. The lowest BCUT2D eigenvalue weighted by Crippen LogP contribution is -2.47. The molecule has 1 aromatic rings. The first kappa shape index (κ1) is 16.0. The predicted molar refractivity (Wildman–Crippen MR) is 76.4 cm³/mol. The van der Waals surface area contributed by atoms with Gasteiger partial charge in [-0.2, -0.15) is 0 Å². The summed E-state index contributed by atoms with van der Waals surface area (Å²) in [5, 5.41) is 2.83. The molecule has 19 heavy (non-hydrogen) atoms. The Morgan fingerprint density at radius 3 is 2.53 bits per heavy atom. The molecule has 0 aliphatic rings. The van der Waals surface area contributed by atoms with Gasteiger partial charge < -0.3 is 11.1 Å². The van der Waals surface area contributed by atoms with Gasteiger partial charge in [0.05, 0.1) is 22.7 Å². The van der Waals surface area contributed by atoms with E-state index in [0.717, 1.165) is 6.26 Å². The van der Waals surface area contributed by atoms with Gasteiger partial charge in [0.15, 0.2) is 0 Å². The standard InChI is InChI=1S/C11H17ClFN3O2S/c1-11(2,16-19(3,17)18)6-15-10-5-8(13)7(12)4-9(10)14/h4-5,15-16H,6,14H2,1-3H3. The largest absolute Gasteiger partial charge is 0.397 e. The lowest BCUT2D eigenvalue weighted by molar-refractivity contribution is 0.476. The summed E-state index contributed by atoms with van der Waals surface area (Å²) in [6.07, 6.45) is 1.07. The Labute approximate surface area is 117 Å². The molecule has 1 aromatic carbocycles. The summed E-state index contributed by atoms with van der Waals surface area (Å²) in [5.41, 5.74) is 5.61. The molecular weight excluding hydrogens is 293 g/mol. The third kappa shape index (κ3) is 5.22. The number of hydrogen-bond donors (Lipinski definition) is 3. The number of nitrogens with one attached hydrogen (secondary N) is 2. The van der Waals surface area contributed by atoms with E-state index >= 15 is 0 Å².